The fourth-order valence-electron chi connectivity index (χ4n) is 1.39. The van der Waals surface area contributed by atoms with E-state index < -0.39 is 4.92 Å². The van der Waals surface area contributed by atoms with Crippen LogP contribution in [0.15, 0.2) is 18.2 Å². The molecule has 0 spiro atoms. The highest BCUT2D eigenvalue weighted by atomic mass is 16.6. The Hall–Kier alpha value is -2.11. The van der Waals surface area contributed by atoms with Gasteiger partial charge in [0.1, 0.15) is 0 Å². The maximum atomic E-state index is 11.8. The number of rotatable bonds is 3. The Morgan fingerprint density at radius 2 is 2.06 bits per heavy atom. The van der Waals surface area contributed by atoms with Crippen LogP contribution in [-0.4, -0.2) is 28.9 Å². The molecule has 0 saturated heterocycles. The molecule has 0 aliphatic rings. The predicted molar refractivity (Wildman–Crippen MR) is 69.8 cm³/mol. The topological polar surface area (TPSA) is 75.5 Å². The number of nitro groups is 1. The van der Waals surface area contributed by atoms with Crippen LogP contribution in [-0.2, 0) is 0 Å². The van der Waals surface area contributed by atoms with Gasteiger partial charge in [-0.2, -0.15) is 0 Å². The number of hydrogen-bond donors (Lipinski definition) is 1. The Bertz CT molecular complexity index is 472. The average molecular weight is 251 g/mol. The highest BCUT2D eigenvalue weighted by Crippen LogP contribution is 2.25. The lowest BCUT2D eigenvalue weighted by atomic mass is 10.1. The van der Waals surface area contributed by atoms with Crippen LogP contribution < -0.4 is 5.32 Å². The zero-order valence-corrected chi connectivity index (χ0v) is 10.9. The molecule has 98 valence electrons. The normalized spacial score (nSPS) is 10.3. The number of nitro benzene ring substituents is 1. The molecule has 6 heteroatoms. The highest BCUT2D eigenvalue weighted by Gasteiger charge is 2.17. The summed E-state index contributed by atoms with van der Waals surface area (Å²) in [5, 5.41) is 13.5. The minimum atomic E-state index is -0.461. The zero-order chi connectivity index (χ0) is 13.9. The van der Waals surface area contributed by atoms with Crippen LogP contribution in [0.5, 0.6) is 0 Å². The molecule has 0 unspecified atom stereocenters. The van der Waals surface area contributed by atoms with Gasteiger partial charge in [-0.1, -0.05) is 6.07 Å². The number of anilines is 1. The third-order valence-electron chi connectivity index (χ3n) is 2.84. The van der Waals surface area contributed by atoms with E-state index in [1.165, 1.54) is 11.0 Å². The second kappa shape index (κ2) is 5.48. The number of nitrogens with one attached hydrogen (secondary N) is 1. The quantitative estimate of drug-likeness (QED) is 0.663. The molecule has 0 aliphatic carbocycles. The molecule has 0 radical (unpaired) electrons. The lowest BCUT2D eigenvalue weighted by Crippen LogP contribution is -2.36. The first kappa shape index (κ1) is 14.0. The third-order valence-corrected chi connectivity index (χ3v) is 2.84. The van der Waals surface area contributed by atoms with E-state index in [0.717, 1.165) is 0 Å². The standard InChI is InChI=1S/C12H17N3O3/c1-8(2)14(4)12(16)13-10-6-5-7-11(9(10)3)15(17)18/h5-8H,1-4H3,(H,13,16). The van der Waals surface area contributed by atoms with Gasteiger partial charge in [0.25, 0.3) is 5.69 Å². The van der Waals surface area contributed by atoms with E-state index in [9.17, 15) is 14.9 Å². The maximum absolute atomic E-state index is 11.8. The van der Waals surface area contributed by atoms with Crippen molar-refractivity contribution >= 4 is 17.4 Å². The van der Waals surface area contributed by atoms with Crippen LogP contribution >= 0.6 is 0 Å². The lowest BCUT2D eigenvalue weighted by molar-refractivity contribution is -0.385. The molecule has 0 fully saturated rings. The minimum Gasteiger partial charge on any atom is -0.325 e. The van der Waals surface area contributed by atoms with E-state index in [1.54, 1.807) is 26.1 Å². The molecule has 18 heavy (non-hydrogen) atoms. The lowest BCUT2D eigenvalue weighted by Gasteiger charge is -2.22. The molecule has 6 nitrogen and oxygen atoms in total. The molecule has 1 rings (SSSR count). The van der Waals surface area contributed by atoms with Gasteiger partial charge in [-0.3, -0.25) is 10.1 Å². The number of carbonyl (C=O) groups is 1. The number of hydrogen-bond acceptors (Lipinski definition) is 3. The summed E-state index contributed by atoms with van der Waals surface area (Å²) >= 11 is 0. The molecule has 0 aromatic heterocycles. The number of benzene rings is 1. The van der Waals surface area contributed by atoms with E-state index in [4.69, 9.17) is 0 Å². The van der Waals surface area contributed by atoms with Crippen molar-refractivity contribution in [1.29, 1.82) is 0 Å². The molecule has 1 N–H and O–H groups in total. The zero-order valence-electron chi connectivity index (χ0n) is 10.9. The van der Waals surface area contributed by atoms with Crippen molar-refractivity contribution < 1.29 is 9.72 Å². The van der Waals surface area contributed by atoms with Gasteiger partial charge < -0.3 is 10.2 Å². The van der Waals surface area contributed by atoms with Gasteiger partial charge in [0.15, 0.2) is 0 Å². The maximum Gasteiger partial charge on any atom is 0.321 e. The van der Waals surface area contributed by atoms with E-state index >= 15 is 0 Å². The van der Waals surface area contributed by atoms with Crippen LogP contribution in [0.2, 0.25) is 0 Å². The van der Waals surface area contributed by atoms with Crippen molar-refractivity contribution in [1.82, 2.24) is 4.90 Å². The number of nitrogens with zero attached hydrogens (tertiary/aromatic N) is 2. The molecule has 1 aromatic rings. The summed E-state index contributed by atoms with van der Waals surface area (Å²) < 4.78 is 0. The van der Waals surface area contributed by atoms with Gasteiger partial charge in [-0.25, -0.2) is 4.79 Å². The Kier molecular flexibility index (Phi) is 4.25. The van der Waals surface area contributed by atoms with Crippen molar-refractivity contribution in [3.8, 4) is 0 Å². The first-order valence-corrected chi connectivity index (χ1v) is 5.62. The average Bonchev–Trinajstić information content (AvgIpc) is 2.30. The minimum absolute atomic E-state index is 0.000000000000000222. The van der Waals surface area contributed by atoms with Gasteiger partial charge >= 0.3 is 6.03 Å². The van der Waals surface area contributed by atoms with Crippen molar-refractivity contribution in [3.05, 3.63) is 33.9 Å². The van der Waals surface area contributed by atoms with E-state index in [1.807, 2.05) is 13.8 Å². The molecule has 0 heterocycles. The van der Waals surface area contributed by atoms with Gasteiger partial charge in [0.05, 0.1) is 16.2 Å². The van der Waals surface area contributed by atoms with Crippen LogP contribution in [0.4, 0.5) is 16.2 Å². The van der Waals surface area contributed by atoms with Gasteiger partial charge in [-0.05, 0) is 26.8 Å². The van der Waals surface area contributed by atoms with E-state index in [0.29, 0.717) is 11.3 Å². The highest BCUT2D eigenvalue weighted by molar-refractivity contribution is 5.90. The molecular formula is C12H17N3O3. The summed E-state index contributed by atoms with van der Waals surface area (Å²) in [6, 6.07) is 4.39. The second-order valence-electron chi connectivity index (χ2n) is 4.34. The molecule has 2 amide bonds. The van der Waals surface area contributed by atoms with Crippen molar-refractivity contribution in [2.75, 3.05) is 12.4 Å². The summed E-state index contributed by atoms with van der Waals surface area (Å²) in [4.78, 5) is 23.7. The fourth-order valence-corrected chi connectivity index (χ4v) is 1.39. The van der Waals surface area contributed by atoms with E-state index in [2.05, 4.69) is 5.32 Å². The number of carbonyl (C=O) groups excluding carboxylic acids is 1. The smallest absolute Gasteiger partial charge is 0.321 e. The van der Waals surface area contributed by atoms with Crippen LogP contribution in [0.1, 0.15) is 19.4 Å². The Labute approximate surface area is 106 Å². The first-order chi connectivity index (χ1) is 8.34. The van der Waals surface area contributed by atoms with Gasteiger partial charge in [-0.15, -0.1) is 0 Å². The van der Waals surface area contributed by atoms with Crippen molar-refractivity contribution in [2.45, 2.75) is 26.8 Å². The Morgan fingerprint density at radius 1 is 1.44 bits per heavy atom. The number of amides is 2. The summed E-state index contributed by atoms with van der Waals surface area (Å²) in [5.74, 6) is 0. The molecule has 0 aliphatic heterocycles. The Morgan fingerprint density at radius 3 is 2.56 bits per heavy atom. The first-order valence-electron chi connectivity index (χ1n) is 5.62. The fraction of sp³-hybridized carbons (Fsp3) is 0.417. The molecule has 0 bridgehead atoms. The van der Waals surface area contributed by atoms with Crippen LogP contribution in [0.3, 0.4) is 0 Å². The summed E-state index contributed by atoms with van der Waals surface area (Å²) in [6.07, 6.45) is 0. The summed E-state index contributed by atoms with van der Waals surface area (Å²) in [6.45, 7) is 5.39. The van der Waals surface area contributed by atoms with Crippen molar-refractivity contribution in [2.24, 2.45) is 0 Å². The molecule has 1 aromatic carbocycles. The largest absolute Gasteiger partial charge is 0.325 e. The second-order valence-corrected chi connectivity index (χ2v) is 4.34. The Balaban J connectivity index is 2.96. The summed E-state index contributed by atoms with van der Waals surface area (Å²) in [7, 11) is 1.67. The predicted octanol–water partition coefficient (Wildman–Crippen LogP) is 2.78. The number of urea groups is 1. The van der Waals surface area contributed by atoms with Gasteiger partial charge in [0.2, 0.25) is 0 Å². The molecule has 0 atom stereocenters. The monoisotopic (exact) mass is 251 g/mol. The molecular weight excluding hydrogens is 234 g/mol. The molecule has 0 saturated carbocycles. The third kappa shape index (κ3) is 2.97. The van der Waals surface area contributed by atoms with E-state index in [-0.39, 0.29) is 17.8 Å². The van der Waals surface area contributed by atoms with Crippen LogP contribution in [0.25, 0.3) is 0 Å². The van der Waals surface area contributed by atoms with Crippen molar-refractivity contribution in [3.63, 3.8) is 0 Å². The SMILES string of the molecule is Cc1c(NC(=O)N(C)C(C)C)cccc1[N+](=O)[O-]. The van der Waals surface area contributed by atoms with Gasteiger partial charge in [0, 0.05) is 19.2 Å². The van der Waals surface area contributed by atoms with Crippen LogP contribution in [0, 0.1) is 17.0 Å². The summed E-state index contributed by atoms with van der Waals surface area (Å²) in [5.41, 5.74) is 0.912.